The number of aliphatic hydroxyl groups is 1. The van der Waals surface area contributed by atoms with Crippen LogP contribution in [0.15, 0.2) is 0 Å². The third-order valence-electron chi connectivity index (χ3n) is 2.73. The lowest BCUT2D eigenvalue weighted by molar-refractivity contribution is -0.142. The average Bonchev–Trinajstić information content (AvgIpc) is 2.55. The first-order valence-electron chi connectivity index (χ1n) is 7.33. The minimum atomic E-state index is -0.236. The number of carbonyl (C=O) groups is 3. The van der Waals surface area contributed by atoms with E-state index in [-0.39, 0.29) is 24.5 Å². The molecule has 0 aromatic rings. The van der Waals surface area contributed by atoms with Crippen LogP contribution in [0.25, 0.3) is 0 Å². The van der Waals surface area contributed by atoms with Gasteiger partial charge in [0.05, 0.1) is 21.3 Å². The van der Waals surface area contributed by atoms with Gasteiger partial charge < -0.3 is 19.3 Å². The van der Waals surface area contributed by atoms with E-state index in [1.807, 2.05) is 0 Å². The van der Waals surface area contributed by atoms with E-state index in [2.05, 4.69) is 14.2 Å². The average molecular weight is 320 g/mol. The fourth-order valence-corrected chi connectivity index (χ4v) is 1.40. The van der Waals surface area contributed by atoms with E-state index in [9.17, 15) is 14.4 Å². The number of unbranched alkanes of at least 4 members (excludes halogenated alkanes) is 3. The van der Waals surface area contributed by atoms with Crippen LogP contribution in [0.2, 0.25) is 0 Å². The van der Waals surface area contributed by atoms with Crippen molar-refractivity contribution in [1.29, 1.82) is 0 Å². The Balaban J connectivity index is 0. The van der Waals surface area contributed by atoms with Crippen molar-refractivity contribution in [3.8, 4) is 0 Å². The summed E-state index contributed by atoms with van der Waals surface area (Å²) in [5.41, 5.74) is 0. The third-order valence-corrected chi connectivity index (χ3v) is 2.73. The molecule has 0 aliphatic rings. The highest BCUT2D eigenvalue weighted by Gasteiger charge is 2.02. The Kier molecular flexibility index (Phi) is 17.9. The molecule has 0 aliphatic heterocycles. The SMILES string of the molecule is COC(=O)CCCCC(=O)OC.COC(=O)CCCCCO. The fraction of sp³-hybridized carbons (Fsp3) is 0.800. The van der Waals surface area contributed by atoms with E-state index in [0.717, 1.165) is 19.3 Å². The van der Waals surface area contributed by atoms with Gasteiger partial charge in [-0.05, 0) is 25.7 Å². The monoisotopic (exact) mass is 320 g/mol. The van der Waals surface area contributed by atoms with Crippen LogP contribution in [-0.4, -0.2) is 51.0 Å². The number of methoxy groups -OCH3 is 3. The number of rotatable bonds is 10. The lowest BCUT2D eigenvalue weighted by Crippen LogP contribution is -2.02. The molecule has 130 valence electrons. The summed E-state index contributed by atoms with van der Waals surface area (Å²) in [5.74, 6) is -0.641. The topological polar surface area (TPSA) is 99.1 Å². The summed E-state index contributed by atoms with van der Waals surface area (Å²) in [4.78, 5) is 31.7. The number of esters is 3. The Morgan fingerprint density at radius 2 is 0.955 bits per heavy atom. The van der Waals surface area contributed by atoms with Crippen molar-refractivity contribution in [3.05, 3.63) is 0 Å². The first-order valence-corrected chi connectivity index (χ1v) is 7.33. The summed E-state index contributed by atoms with van der Waals surface area (Å²) in [6, 6.07) is 0. The van der Waals surface area contributed by atoms with E-state index < -0.39 is 0 Å². The van der Waals surface area contributed by atoms with E-state index in [1.54, 1.807) is 0 Å². The number of hydrogen-bond donors (Lipinski definition) is 1. The van der Waals surface area contributed by atoms with Crippen molar-refractivity contribution in [3.63, 3.8) is 0 Å². The molecule has 0 aromatic carbocycles. The van der Waals surface area contributed by atoms with Gasteiger partial charge in [-0.2, -0.15) is 0 Å². The number of hydrogen-bond acceptors (Lipinski definition) is 7. The molecule has 0 bridgehead atoms. The molecule has 0 amide bonds. The smallest absolute Gasteiger partial charge is 0.305 e. The second-order valence-corrected chi connectivity index (χ2v) is 4.47. The van der Waals surface area contributed by atoms with Gasteiger partial charge in [-0.25, -0.2) is 0 Å². The van der Waals surface area contributed by atoms with Gasteiger partial charge in [-0.3, -0.25) is 14.4 Å². The molecule has 7 nitrogen and oxygen atoms in total. The van der Waals surface area contributed by atoms with E-state index in [4.69, 9.17) is 5.11 Å². The second-order valence-electron chi connectivity index (χ2n) is 4.47. The van der Waals surface area contributed by atoms with Crippen LogP contribution in [0.4, 0.5) is 0 Å². The lowest BCUT2D eigenvalue weighted by Gasteiger charge is -1.98. The van der Waals surface area contributed by atoms with E-state index >= 15 is 0 Å². The van der Waals surface area contributed by atoms with Crippen LogP contribution in [0.1, 0.15) is 51.4 Å². The fourth-order valence-electron chi connectivity index (χ4n) is 1.40. The van der Waals surface area contributed by atoms with E-state index in [0.29, 0.717) is 32.1 Å². The van der Waals surface area contributed by atoms with Gasteiger partial charge in [-0.15, -0.1) is 0 Å². The molecular weight excluding hydrogens is 292 g/mol. The molecule has 0 rings (SSSR count). The molecule has 0 heterocycles. The van der Waals surface area contributed by atoms with Crippen LogP contribution >= 0.6 is 0 Å². The molecule has 0 spiro atoms. The summed E-state index contributed by atoms with van der Waals surface area (Å²) >= 11 is 0. The maximum Gasteiger partial charge on any atom is 0.305 e. The maximum absolute atomic E-state index is 10.6. The minimum Gasteiger partial charge on any atom is -0.469 e. The maximum atomic E-state index is 10.6. The van der Waals surface area contributed by atoms with Crippen LogP contribution in [0.5, 0.6) is 0 Å². The highest BCUT2D eigenvalue weighted by Crippen LogP contribution is 2.01. The molecule has 0 saturated heterocycles. The van der Waals surface area contributed by atoms with Gasteiger partial charge in [-0.1, -0.05) is 6.42 Å². The Bertz CT molecular complexity index is 284. The molecular formula is C15H28O7. The molecule has 0 saturated carbocycles. The molecule has 22 heavy (non-hydrogen) atoms. The molecule has 0 fully saturated rings. The zero-order valence-corrected chi connectivity index (χ0v) is 13.8. The zero-order valence-electron chi connectivity index (χ0n) is 13.8. The Hall–Kier alpha value is -1.63. The summed E-state index contributed by atoms with van der Waals surface area (Å²) in [7, 11) is 4.08. The Morgan fingerprint density at radius 1 is 0.636 bits per heavy atom. The van der Waals surface area contributed by atoms with Gasteiger partial charge in [0, 0.05) is 25.9 Å². The van der Waals surface area contributed by atoms with Gasteiger partial charge in [0.2, 0.25) is 0 Å². The van der Waals surface area contributed by atoms with E-state index in [1.165, 1.54) is 21.3 Å². The minimum absolute atomic E-state index is 0.169. The molecule has 0 aliphatic carbocycles. The molecule has 0 aromatic heterocycles. The number of ether oxygens (including phenoxy) is 3. The first kappa shape index (κ1) is 22.6. The molecule has 0 atom stereocenters. The summed E-state index contributed by atoms with van der Waals surface area (Å²) in [5, 5.41) is 8.37. The predicted molar refractivity (Wildman–Crippen MR) is 80.1 cm³/mol. The highest BCUT2D eigenvalue weighted by molar-refractivity contribution is 5.70. The normalized spacial score (nSPS) is 9.27. The molecule has 0 radical (unpaired) electrons. The van der Waals surface area contributed by atoms with Gasteiger partial charge in [0.1, 0.15) is 0 Å². The largest absolute Gasteiger partial charge is 0.469 e. The predicted octanol–water partition coefficient (Wildman–Crippen LogP) is 1.60. The van der Waals surface area contributed by atoms with Crippen LogP contribution < -0.4 is 0 Å². The van der Waals surface area contributed by atoms with Gasteiger partial charge in [0.15, 0.2) is 0 Å². The quantitative estimate of drug-likeness (QED) is 0.371. The zero-order chi connectivity index (χ0) is 17.2. The highest BCUT2D eigenvalue weighted by atomic mass is 16.5. The number of carbonyl (C=O) groups excluding carboxylic acids is 3. The molecule has 7 heteroatoms. The van der Waals surface area contributed by atoms with Crippen molar-refractivity contribution in [2.75, 3.05) is 27.9 Å². The molecule has 1 N–H and O–H groups in total. The number of aliphatic hydroxyl groups excluding tert-OH is 1. The van der Waals surface area contributed by atoms with Gasteiger partial charge in [0.25, 0.3) is 0 Å². The summed E-state index contributed by atoms with van der Waals surface area (Å²) in [6.07, 6.45) is 5.02. The van der Waals surface area contributed by atoms with Crippen molar-refractivity contribution in [2.24, 2.45) is 0 Å². The summed E-state index contributed by atoms with van der Waals surface area (Å²) in [6.45, 7) is 0.209. The summed E-state index contributed by atoms with van der Waals surface area (Å²) < 4.78 is 13.3. The van der Waals surface area contributed by atoms with Crippen molar-refractivity contribution in [1.82, 2.24) is 0 Å². The first-order chi connectivity index (χ1) is 10.5. The Labute approximate surface area is 131 Å². The van der Waals surface area contributed by atoms with Crippen molar-refractivity contribution >= 4 is 17.9 Å². The van der Waals surface area contributed by atoms with Crippen molar-refractivity contribution in [2.45, 2.75) is 51.4 Å². The second kappa shape index (κ2) is 17.4. The van der Waals surface area contributed by atoms with Crippen LogP contribution in [0.3, 0.4) is 0 Å². The van der Waals surface area contributed by atoms with Crippen molar-refractivity contribution < 1.29 is 33.7 Å². The van der Waals surface area contributed by atoms with Crippen LogP contribution in [-0.2, 0) is 28.6 Å². The molecule has 0 unspecified atom stereocenters. The van der Waals surface area contributed by atoms with Crippen LogP contribution in [0, 0.1) is 0 Å². The third kappa shape index (κ3) is 18.4. The van der Waals surface area contributed by atoms with Gasteiger partial charge >= 0.3 is 17.9 Å². The Morgan fingerprint density at radius 3 is 1.23 bits per heavy atom. The standard InChI is InChI=1S/C8H14O4.C7H14O3/c1-11-7(9)5-3-4-6-8(10)12-2;1-10-7(9)5-3-2-4-6-8/h3-6H2,1-2H3;8H,2-6H2,1H3. The lowest BCUT2D eigenvalue weighted by atomic mass is 10.2.